The molecule has 2 saturated heterocycles. The van der Waals surface area contributed by atoms with Gasteiger partial charge in [-0.05, 0) is 31.5 Å². The summed E-state index contributed by atoms with van der Waals surface area (Å²) in [5, 5.41) is 0. The Balaban J connectivity index is 1.81. The molecule has 1 amide bonds. The van der Waals surface area contributed by atoms with Gasteiger partial charge in [-0.1, -0.05) is 30.3 Å². The van der Waals surface area contributed by atoms with Crippen molar-refractivity contribution in [2.24, 2.45) is 0 Å². The normalized spacial score (nSPS) is 21.8. The zero-order valence-electron chi connectivity index (χ0n) is 12.3. The number of ketones is 1. The predicted molar refractivity (Wildman–Crippen MR) is 80.8 cm³/mol. The SMILES string of the molecule is O=C1CCN(C(CN2CCCC2)c2ccccc2)C(=O)C1. The summed E-state index contributed by atoms with van der Waals surface area (Å²) in [6, 6.07) is 10.3. The van der Waals surface area contributed by atoms with Gasteiger partial charge in [-0.25, -0.2) is 0 Å². The molecule has 2 aliphatic rings. The number of benzene rings is 1. The first-order valence-electron chi connectivity index (χ1n) is 7.82. The second-order valence-corrected chi connectivity index (χ2v) is 5.99. The molecule has 4 heteroatoms. The molecular formula is C17H22N2O2. The maximum absolute atomic E-state index is 12.3. The van der Waals surface area contributed by atoms with Crippen molar-refractivity contribution in [3.63, 3.8) is 0 Å². The van der Waals surface area contributed by atoms with E-state index in [0.717, 1.165) is 19.6 Å². The Kier molecular flexibility index (Phi) is 4.34. The van der Waals surface area contributed by atoms with Crippen molar-refractivity contribution < 1.29 is 9.59 Å². The van der Waals surface area contributed by atoms with Crippen LogP contribution in [0.5, 0.6) is 0 Å². The van der Waals surface area contributed by atoms with Crippen molar-refractivity contribution in [2.75, 3.05) is 26.2 Å². The molecule has 0 aromatic heterocycles. The summed E-state index contributed by atoms with van der Waals surface area (Å²) in [7, 11) is 0. The van der Waals surface area contributed by atoms with E-state index in [-0.39, 0.29) is 24.2 Å². The summed E-state index contributed by atoms with van der Waals surface area (Å²) < 4.78 is 0. The van der Waals surface area contributed by atoms with Gasteiger partial charge in [-0.2, -0.15) is 0 Å². The number of nitrogens with zero attached hydrogens (tertiary/aromatic N) is 2. The van der Waals surface area contributed by atoms with Crippen LogP contribution in [0.15, 0.2) is 30.3 Å². The van der Waals surface area contributed by atoms with Crippen LogP contribution in [-0.4, -0.2) is 47.7 Å². The number of Topliss-reactive ketones (excluding diaryl/α,β-unsaturated/α-hetero) is 1. The summed E-state index contributed by atoms with van der Waals surface area (Å²) in [5.41, 5.74) is 1.17. The highest BCUT2D eigenvalue weighted by molar-refractivity contribution is 6.00. The van der Waals surface area contributed by atoms with E-state index in [1.807, 2.05) is 23.1 Å². The van der Waals surface area contributed by atoms with Crippen LogP contribution in [0.25, 0.3) is 0 Å². The largest absolute Gasteiger partial charge is 0.334 e. The summed E-state index contributed by atoms with van der Waals surface area (Å²) in [6.07, 6.45) is 3.06. The molecule has 0 spiro atoms. The maximum Gasteiger partial charge on any atom is 0.230 e. The van der Waals surface area contributed by atoms with Gasteiger partial charge in [0.1, 0.15) is 5.78 Å². The summed E-state index contributed by atoms with van der Waals surface area (Å²) >= 11 is 0. The molecule has 2 aliphatic heterocycles. The molecule has 1 unspecified atom stereocenters. The van der Waals surface area contributed by atoms with Gasteiger partial charge in [-0.3, -0.25) is 9.59 Å². The van der Waals surface area contributed by atoms with Gasteiger partial charge in [0, 0.05) is 19.5 Å². The number of hydrogen-bond acceptors (Lipinski definition) is 3. The summed E-state index contributed by atoms with van der Waals surface area (Å²) in [4.78, 5) is 28.1. The lowest BCUT2D eigenvalue weighted by Gasteiger charge is -2.36. The highest BCUT2D eigenvalue weighted by Gasteiger charge is 2.32. The fourth-order valence-electron chi connectivity index (χ4n) is 3.33. The van der Waals surface area contributed by atoms with Crippen LogP contribution in [0, 0.1) is 0 Å². The van der Waals surface area contributed by atoms with Crippen molar-refractivity contribution in [3.05, 3.63) is 35.9 Å². The minimum Gasteiger partial charge on any atom is -0.334 e. The van der Waals surface area contributed by atoms with Gasteiger partial charge < -0.3 is 9.80 Å². The van der Waals surface area contributed by atoms with Crippen molar-refractivity contribution >= 4 is 11.7 Å². The average molecular weight is 286 g/mol. The Bertz CT molecular complexity index is 509. The summed E-state index contributed by atoms with van der Waals surface area (Å²) in [6.45, 7) is 3.67. The molecule has 0 saturated carbocycles. The van der Waals surface area contributed by atoms with Crippen molar-refractivity contribution in [3.8, 4) is 0 Å². The Hall–Kier alpha value is -1.68. The Morgan fingerprint density at radius 3 is 2.38 bits per heavy atom. The van der Waals surface area contributed by atoms with E-state index in [2.05, 4.69) is 17.0 Å². The monoisotopic (exact) mass is 286 g/mol. The molecule has 4 nitrogen and oxygen atoms in total. The Labute approximate surface area is 125 Å². The van der Waals surface area contributed by atoms with E-state index < -0.39 is 0 Å². The van der Waals surface area contributed by atoms with Crippen molar-refractivity contribution in [1.29, 1.82) is 0 Å². The summed E-state index contributed by atoms with van der Waals surface area (Å²) in [5.74, 6) is 0.0588. The molecule has 21 heavy (non-hydrogen) atoms. The van der Waals surface area contributed by atoms with Gasteiger partial charge in [-0.15, -0.1) is 0 Å². The van der Waals surface area contributed by atoms with Gasteiger partial charge in [0.15, 0.2) is 0 Å². The van der Waals surface area contributed by atoms with Crippen LogP contribution in [0.2, 0.25) is 0 Å². The zero-order valence-corrected chi connectivity index (χ0v) is 12.3. The second kappa shape index (κ2) is 6.39. The number of rotatable bonds is 4. The molecule has 2 heterocycles. The molecule has 112 valence electrons. The van der Waals surface area contributed by atoms with E-state index in [0.29, 0.717) is 13.0 Å². The van der Waals surface area contributed by atoms with E-state index in [4.69, 9.17) is 0 Å². The van der Waals surface area contributed by atoms with Gasteiger partial charge >= 0.3 is 0 Å². The van der Waals surface area contributed by atoms with Crippen LogP contribution < -0.4 is 0 Å². The van der Waals surface area contributed by atoms with Crippen LogP contribution in [0.4, 0.5) is 0 Å². The number of amides is 1. The molecule has 2 fully saturated rings. The molecule has 0 N–H and O–H groups in total. The minimum absolute atomic E-state index is 0.0145. The Morgan fingerprint density at radius 1 is 1.00 bits per heavy atom. The third-order valence-electron chi connectivity index (χ3n) is 4.49. The first-order chi connectivity index (χ1) is 10.2. The minimum atomic E-state index is -0.0145. The number of likely N-dealkylation sites (tertiary alicyclic amines) is 2. The first kappa shape index (κ1) is 14.3. The zero-order chi connectivity index (χ0) is 14.7. The lowest BCUT2D eigenvalue weighted by molar-refractivity contribution is -0.142. The fourth-order valence-corrected chi connectivity index (χ4v) is 3.33. The van der Waals surface area contributed by atoms with Gasteiger partial charge in [0.2, 0.25) is 5.91 Å². The highest BCUT2D eigenvalue weighted by atomic mass is 16.2. The topological polar surface area (TPSA) is 40.6 Å². The molecule has 0 aliphatic carbocycles. The standard InChI is InChI=1S/C17H22N2O2/c20-15-8-11-19(17(21)12-15)16(13-18-9-4-5-10-18)14-6-2-1-3-7-14/h1-3,6-7,16H,4-5,8-13H2. The smallest absolute Gasteiger partial charge is 0.230 e. The van der Waals surface area contributed by atoms with Crippen LogP contribution in [0.3, 0.4) is 0 Å². The molecule has 0 bridgehead atoms. The molecule has 1 aromatic rings. The van der Waals surface area contributed by atoms with Crippen molar-refractivity contribution in [1.82, 2.24) is 9.80 Å². The fraction of sp³-hybridized carbons (Fsp3) is 0.529. The van der Waals surface area contributed by atoms with Crippen molar-refractivity contribution in [2.45, 2.75) is 31.7 Å². The third kappa shape index (κ3) is 3.32. The Morgan fingerprint density at radius 2 is 1.71 bits per heavy atom. The van der Waals surface area contributed by atoms with Crippen LogP contribution in [0.1, 0.15) is 37.3 Å². The number of carbonyl (C=O) groups is 2. The number of piperidine rings is 1. The van der Waals surface area contributed by atoms with E-state index in [1.165, 1.54) is 18.4 Å². The van der Waals surface area contributed by atoms with E-state index >= 15 is 0 Å². The van der Waals surface area contributed by atoms with E-state index in [1.54, 1.807) is 0 Å². The number of carbonyl (C=O) groups excluding carboxylic acids is 2. The second-order valence-electron chi connectivity index (χ2n) is 5.99. The van der Waals surface area contributed by atoms with Gasteiger partial charge in [0.25, 0.3) is 0 Å². The van der Waals surface area contributed by atoms with E-state index in [9.17, 15) is 9.59 Å². The molecule has 1 atom stereocenters. The molecule has 3 rings (SSSR count). The number of hydrogen-bond donors (Lipinski definition) is 0. The lowest BCUT2D eigenvalue weighted by Crippen LogP contribution is -2.45. The highest BCUT2D eigenvalue weighted by Crippen LogP contribution is 2.26. The van der Waals surface area contributed by atoms with Gasteiger partial charge in [0.05, 0.1) is 12.5 Å². The molecule has 1 aromatic carbocycles. The quantitative estimate of drug-likeness (QED) is 0.795. The maximum atomic E-state index is 12.3. The van der Waals surface area contributed by atoms with Crippen LogP contribution in [-0.2, 0) is 9.59 Å². The predicted octanol–water partition coefficient (Wildman–Crippen LogP) is 2.01. The first-order valence-corrected chi connectivity index (χ1v) is 7.82. The average Bonchev–Trinajstić information content (AvgIpc) is 2.99. The molecule has 0 radical (unpaired) electrons. The third-order valence-corrected chi connectivity index (χ3v) is 4.49. The van der Waals surface area contributed by atoms with Crippen LogP contribution >= 0.6 is 0 Å². The molecular weight excluding hydrogens is 264 g/mol. The lowest BCUT2D eigenvalue weighted by atomic mass is 10.00.